The molecule has 1 aromatic heterocycles. The fourth-order valence-corrected chi connectivity index (χ4v) is 4.94. The first kappa shape index (κ1) is 11.9. The molecule has 0 radical (unpaired) electrons. The molecule has 102 valence electrons. The molecule has 2 saturated heterocycles. The van der Waals surface area contributed by atoms with E-state index in [-0.39, 0.29) is 5.91 Å². The Balaban J connectivity index is 1.53. The van der Waals surface area contributed by atoms with Gasteiger partial charge >= 0.3 is 0 Å². The molecule has 0 saturated carbocycles. The van der Waals surface area contributed by atoms with Crippen molar-refractivity contribution in [1.29, 1.82) is 0 Å². The third-order valence-corrected chi connectivity index (χ3v) is 5.99. The van der Waals surface area contributed by atoms with Gasteiger partial charge in [0.05, 0.1) is 4.88 Å². The van der Waals surface area contributed by atoms with Crippen LogP contribution in [0.3, 0.4) is 0 Å². The lowest BCUT2D eigenvalue weighted by molar-refractivity contribution is 0.0753. The van der Waals surface area contributed by atoms with Crippen molar-refractivity contribution < 1.29 is 4.79 Å². The number of hydrogen-bond acceptors (Lipinski definition) is 3. The highest BCUT2D eigenvalue weighted by Gasteiger charge is 2.32. The third-order valence-electron chi connectivity index (χ3n) is 4.77. The smallest absolute Gasteiger partial charge is 0.263 e. The van der Waals surface area contributed by atoms with Crippen LogP contribution in [-0.4, -0.2) is 36.0 Å². The Morgan fingerprint density at radius 3 is 3.05 bits per heavy atom. The fourth-order valence-electron chi connectivity index (χ4n) is 3.72. The maximum Gasteiger partial charge on any atom is 0.263 e. The van der Waals surface area contributed by atoms with E-state index in [1.165, 1.54) is 42.5 Å². The minimum atomic E-state index is 0.272. The second kappa shape index (κ2) is 4.60. The Kier molecular flexibility index (Phi) is 2.88. The van der Waals surface area contributed by atoms with E-state index in [1.54, 1.807) is 11.3 Å². The van der Waals surface area contributed by atoms with Gasteiger partial charge in [-0.2, -0.15) is 0 Å². The summed E-state index contributed by atoms with van der Waals surface area (Å²) in [4.78, 5) is 17.2. The number of aryl methyl sites for hydroxylation is 2. The summed E-state index contributed by atoms with van der Waals surface area (Å²) in [7, 11) is 0. The normalized spacial score (nSPS) is 29.4. The number of likely N-dealkylation sites (tertiary alicyclic amines) is 1. The minimum absolute atomic E-state index is 0.272. The van der Waals surface area contributed by atoms with Crippen LogP contribution in [0, 0.1) is 0 Å². The molecule has 2 atom stereocenters. The molecule has 2 aliphatic heterocycles. The number of rotatable bonds is 1. The summed E-state index contributed by atoms with van der Waals surface area (Å²) in [5, 5.41) is 3.64. The van der Waals surface area contributed by atoms with E-state index < -0.39 is 0 Å². The highest BCUT2D eigenvalue weighted by molar-refractivity contribution is 7.14. The maximum absolute atomic E-state index is 12.6. The van der Waals surface area contributed by atoms with Crippen molar-refractivity contribution >= 4 is 17.2 Å². The molecule has 1 aliphatic carbocycles. The highest BCUT2D eigenvalue weighted by atomic mass is 32.1. The summed E-state index contributed by atoms with van der Waals surface area (Å²) >= 11 is 1.74. The molecule has 1 amide bonds. The Labute approximate surface area is 118 Å². The number of carbonyl (C=O) groups is 1. The van der Waals surface area contributed by atoms with Gasteiger partial charge in [0.2, 0.25) is 0 Å². The van der Waals surface area contributed by atoms with E-state index in [9.17, 15) is 4.79 Å². The van der Waals surface area contributed by atoms with Gasteiger partial charge in [-0.05, 0) is 50.2 Å². The predicted octanol–water partition coefficient (Wildman–Crippen LogP) is 2.20. The van der Waals surface area contributed by atoms with Gasteiger partial charge < -0.3 is 10.2 Å². The molecule has 3 nitrogen and oxygen atoms in total. The molecule has 1 aromatic rings. The summed E-state index contributed by atoms with van der Waals surface area (Å²) < 4.78 is 0. The number of nitrogens with one attached hydrogen (secondary N) is 1. The van der Waals surface area contributed by atoms with Gasteiger partial charge in [0.1, 0.15) is 0 Å². The van der Waals surface area contributed by atoms with Crippen molar-refractivity contribution in [2.45, 2.75) is 50.6 Å². The van der Waals surface area contributed by atoms with Gasteiger partial charge in [-0.1, -0.05) is 0 Å². The van der Waals surface area contributed by atoms with Crippen molar-refractivity contribution in [3.05, 3.63) is 21.4 Å². The van der Waals surface area contributed by atoms with Crippen LogP contribution in [0.25, 0.3) is 0 Å². The lowest BCUT2D eigenvalue weighted by Crippen LogP contribution is -2.38. The van der Waals surface area contributed by atoms with Gasteiger partial charge in [-0.15, -0.1) is 11.3 Å². The molecule has 1 N–H and O–H groups in total. The number of hydrogen-bond donors (Lipinski definition) is 1. The molecule has 4 heteroatoms. The quantitative estimate of drug-likeness (QED) is 0.853. The molecule has 3 heterocycles. The maximum atomic E-state index is 12.6. The molecule has 2 bridgehead atoms. The zero-order valence-corrected chi connectivity index (χ0v) is 12.0. The number of amides is 1. The Morgan fingerprint density at radius 2 is 2.16 bits per heavy atom. The second-order valence-electron chi connectivity index (χ2n) is 6.09. The van der Waals surface area contributed by atoms with Crippen LogP contribution in [-0.2, 0) is 12.8 Å². The lowest BCUT2D eigenvalue weighted by Gasteiger charge is -2.23. The van der Waals surface area contributed by atoms with Crippen LogP contribution in [0.15, 0.2) is 6.07 Å². The Morgan fingerprint density at radius 1 is 1.26 bits per heavy atom. The largest absolute Gasteiger partial charge is 0.336 e. The first-order chi connectivity index (χ1) is 9.29. The van der Waals surface area contributed by atoms with E-state index in [0.29, 0.717) is 12.1 Å². The van der Waals surface area contributed by atoms with E-state index in [4.69, 9.17) is 0 Å². The summed E-state index contributed by atoms with van der Waals surface area (Å²) in [6, 6.07) is 3.34. The molecular formula is C15H20N2OS. The SMILES string of the molecule is O=C(c1cc2c(s1)CCC2)N1CCC2CCC(C1)N2. The summed E-state index contributed by atoms with van der Waals surface area (Å²) in [5.74, 6) is 0.272. The first-order valence-electron chi connectivity index (χ1n) is 7.46. The van der Waals surface area contributed by atoms with E-state index in [2.05, 4.69) is 16.3 Å². The average molecular weight is 276 g/mol. The van der Waals surface area contributed by atoms with Crippen LogP contribution in [0.1, 0.15) is 45.8 Å². The van der Waals surface area contributed by atoms with Gasteiger partial charge in [0.25, 0.3) is 5.91 Å². The third kappa shape index (κ3) is 2.11. The summed E-state index contributed by atoms with van der Waals surface area (Å²) in [6.45, 7) is 1.83. The topological polar surface area (TPSA) is 32.3 Å². The number of carbonyl (C=O) groups excluding carboxylic acids is 1. The highest BCUT2D eigenvalue weighted by Crippen LogP contribution is 2.32. The number of fused-ring (bicyclic) bond motifs is 3. The van der Waals surface area contributed by atoms with Gasteiger partial charge in [-0.3, -0.25) is 4.79 Å². The van der Waals surface area contributed by atoms with Crippen LogP contribution in [0.4, 0.5) is 0 Å². The van der Waals surface area contributed by atoms with Crippen molar-refractivity contribution in [2.75, 3.05) is 13.1 Å². The van der Waals surface area contributed by atoms with Gasteiger partial charge in [0, 0.05) is 30.1 Å². The molecular weight excluding hydrogens is 256 g/mol. The standard InChI is InChI=1S/C15H20N2OS/c18-15(14-8-10-2-1-3-13(10)19-14)17-7-6-11-4-5-12(9-17)16-11/h8,11-12,16H,1-7,9H2. The van der Waals surface area contributed by atoms with Crippen molar-refractivity contribution in [3.63, 3.8) is 0 Å². The monoisotopic (exact) mass is 276 g/mol. The molecule has 2 fully saturated rings. The van der Waals surface area contributed by atoms with Crippen molar-refractivity contribution in [2.24, 2.45) is 0 Å². The summed E-state index contributed by atoms with van der Waals surface area (Å²) in [5.41, 5.74) is 1.43. The molecule has 2 unspecified atom stereocenters. The van der Waals surface area contributed by atoms with Crippen LogP contribution >= 0.6 is 11.3 Å². The predicted molar refractivity (Wildman–Crippen MR) is 76.8 cm³/mol. The van der Waals surface area contributed by atoms with E-state index >= 15 is 0 Å². The average Bonchev–Trinajstić information content (AvgIpc) is 3.02. The molecule has 4 rings (SSSR count). The number of thiophene rings is 1. The fraction of sp³-hybridized carbons (Fsp3) is 0.667. The molecule has 19 heavy (non-hydrogen) atoms. The van der Waals surface area contributed by atoms with Crippen molar-refractivity contribution in [1.82, 2.24) is 10.2 Å². The van der Waals surface area contributed by atoms with Crippen LogP contribution < -0.4 is 5.32 Å². The Hall–Kier alpha value is -0.870. The minimum Gasteiger partial charge on any atom is -0.336 e. The number of nitrogens with zero attached hydrogens (tertiary/aromatic N) is 1. The first-order valence-corrected chi connectivity index (χ1v) is 8.28. The van der Waals surface area contributed by atoms with Gasteiger partial charge in [0.15, 0.2) is 0 Å². The second-order valence-corrected chi connectivity index (χ2v) is 7.23. The van der Waals surface area contributed by atoms with E-state index in [0.717, 1.165) is 24.4 Å². The molecule has 0 spiro atoms. The lowest BCUT2D eigenvalue weighted by atomic mass is 10.1. The van der Waals surface area contributed by atoms with E-state index in [1.807, 2.05) is 0 Å². The Bertz CT molecular complexity index is 489. The van der Waals surface area contributed by atoms with Crippen LogP contribution in [0.5, 0.6) is 0 Å². The van der Waals surface area contributed by atoms with Crippen LogP contribution in [0.2, 0.25) is 0 Å². The van der Waals surface area contributed by atoms with Crippen molar-refractivity contribution in [3.8, 4) is 0 Å². The zero-order valence-electron chi connectivity index (χ0n) is 11.2. The molecule has 3 aliphatic rings. The zero-order chi connectivity index (χ0) is 12.8. The van der Waals surface area contributed by atoms with Gasteiger partial charge in [-0.25, -0.2) is 0 Å². The molecule has 0 aromatic carbocycles. The summed E-state index contributed by atoms with van der Waals surface area (Å²) in [6.07, 6.45) is 7.26.